The predicted octanol–water partition coefficient (Wildman–Crippen LogP) is 1.14. The molecule has 110 valence electrons. The van der Waals surface area contributed by atoms with E-state index in [0.29, 0.717) is 24.0 Å². The van der Waals surface area contributed by atoms with Crippen molar-refractivity contribution in [2.75, 3.05) is 22.3 Å². The molecule has 1 fully saturated rings. The van der Waals surface area contributed by atoms with Crippen LogP contribution in [0.25, 0.3) is 0 Å². The molecule has 7 heteroatoms. The van der Waals surface area contributed by atoms with E-state index >= 15 is 0 Å². The highest BCUT2D eigenvalue weighted by Gasteiger charge is 2.21. The minimum Gasteiger partial charge on any atom is -0.325 e. The molecule has 0 saturated heterocycles. The Balaban J connectivity index is 1.85. The van der Waals surface area contributed by atoms with Crippen molar-refractivity contribution in [3.8, 4) is 0 Å². The maximum atomic E-state index is 11.6. The predicted molar refractivity (Wildman–Crippen MR) is 79.2 cm³/mol. The van der Waals surface area contributed by atoms with Crippen molar-refractivity contribution in [3.63, 3.8) is 0 Å². The van der Waals surface area contributed by atoms with Gasteiger partial charge in [-0.3, -0.25) is 9.52 Å². The quantitative estimate of drug-likeness (QED) is 0.704. The third kappa shape index (κ3) is 4.82. The number of amides is 1. The summed E-state index contributed by atoms with van der Waals surface area (Å²) in [7, 11) is -3.27. The lowest BCUT2D eigenvalue weighted by atomic mass is 10.3. The lowest BCUT2D eigenvalue weighted by Crippen LogP contribution is -2.29. The van der Waals surface area contributed by atoms with Crippen LogP contribution in [0.1, 0.15) is 19.8 Å². The normalized spacial score (nSPS) is 14.8. The fourth-order valence-electron chi connectivity index (χ4n) is 1.60. The third-order valence-corrected chi connectivity index (χ3v) is 4.26. The molecule has 0 radical (unpaired) electrons. The van der Waals surface area contributed by atoms with Crippen molar-refractivity contribution in [1.82, 2.24) is 5.32 Å². The van der Waals surface area contributed by atoms with Crippen molar-refractivity contribution >= 4 is 27.3 Å². The van der Waals surface area contributed by atoms with Crippen LogP contribution < -0.4 is 15.4 Å². The zero-order chi connectivity index (χ0) is 14.6. The summed E-state index contributed by atoms with van der Waals surface area (Å²) in [5.41, 5.74) is 1.13. The number of hydrogen-bond donors (Lipinski definition) is 3. The van der Waals surface area contributed by atoms with E-state index in [4.69, 9.17) is 0 Å². The molecule has 1 amide bonds. The SMILES string of the molecule is CCS(=O)(=O)Nc1ccc(NC(=O)CNC2CC2)cc1. The van der Waals surface area contributed by atoms with Gasteiger partial charge in [-0.2, -0.15) is 0 Å². The Hall–Kier alpha value is -1.60. The molecule has 2 rings (SSSR count). The summed E-state index contributed by atoms with van der Waals surface area (Å²) in [5, 5.41) is 5.87. The van der Waals surface area contributed by atoms with E-state index in [0.717, 1.165) is 12.8 Å². The van der Waals surface area contributed by atoms with Crippen LogP contribution in [-0.2, 0) is 14.8 Å². The molecule has 20 heavy (non-hydrogen) atoms. The standard InChI is InChI=1S/C13H19N3O3S/c1-2-20(18,19)16-12-7-5-11(6-8-12)15-13(17)9-14-10-3-4-10/h5-8,10,14,16H,2-4,9H2,1H3,(H,15,17). The summed E-state index contributed by atoms with van der Waals surface area (Å²) >= 11 is 0. The fraction of sp³-hybridized carbons (Fsp3) is 0.462. The zero-order valence-corrected chi connectivity index (χ0v) is 12.2. The Morgan fingerprint density at radius 1 is 1.20 bits per heavy atom. The second kappa shape index (κ2) is 6.23. The second-order valence-corrected chi connectivity index (χ2v) is 6.80. The van der Waals surface area contributed by atoms with Crippen molar-refractivity contribution in [2.45, 2.75) is 25.8 Å². The minimum atomic E-state index is -3.27. The van der Waals surface area contributed by atoms with Crippen molar-refractivity contribution in [3.05, 3.63) is 24.3 Å². The highest BCUT2D eigenvalue weighted by molar-refractivity contribution is 7.92. The largest absolute Gasteiger partial charge is 0.325 e. The van der Waals surface area contributed by atoms with E-state index in [1.54, 1.807) is 31.2 Å². The minimum absolute atomic E-state index is 0.0261. The van der Waals surface area contributed by atoms with Crippen LogP contribution in [0.5, 0.6) is 0 Å². The Labute approximate surface area is 119 Å². The number of rotatable bonds is 7. The van der Waals surface area contributed by atoms with Crippen LogP contribution in [0.2, 0.25) is 0 Å². The monoisotopic (exact) mass is 297 g/mol. The lowest BCUT2D eigenvalue weighted by molar-refractivity contribution is -0.115. The third-order valence-electron chi connectivity index (χ3n) is 2.95. The smallest absolute Gasteiger partial charge is 0.238 e. The molecule has 1 saturated carbocycles. The number of sulfonamides is 1. The van der Waals surface area contributed by atoms with Crippen molar-refractivity contribution < 1.29 is 13.2 Å². The first-order chi connectivity index (χ1) is 9.48. The molecule has 0 atom stereocenters. The fourth-order valence-corrected chi connectivity index (χ4v) is 2.24. The molecule has 1 aromatic carbocycles. The van der Waals surface area contributed by atoms with Crippen LogP contribution in [-0.4, -0.2) is 32.7 Å². The highest BCUT2D eigenvalue weighted by atomic mass is 32.2. The van der Waals surface area contributed by atoms with Gasteiger partial charge < -0.3 is 10.6 Å². The van der Waals surface area contributed by atoms with Gasteiger partial charge in [-0.25, -0.2) is 8.42 Å². The average Bonchev–Trinajstić information content (AvgIpc) is 3.23. The maximum absolute atomic E-state index is 11.6. The Morgan fingerprint density at radius 3 is 2.35 bits per heavy atom. The molecule has 1 aliphatic carbocycles. The lowest BCUT2D eigenvalue weighted by Gasteiger charge is -2.08. The van der Waals surface area contributed by atoms with Crippen LogP contribution in [0.4, 0.5) is 11.4 Å². The number of hydrogen-bond acceptors (Lipinski definition) is 4. The van der Waals surface area contributed by atoms with Gasteiger partial charge in [0.25, 0.3) is 0 Å². The first kappa shape index (κ1) is 14.8. The second-order valence-electron chi connectivity index (χ2n) is 4.79. The molecule has 0 heterocycles. The first-order valence-corrected chi connectivity index (χ1v) is 8.27. The van der Waals surface area contributed by atoms with E-state index in [9.17, 15) is 13.2 Å². The number of anilines is 2. The number of carbonyl (C=O) groups excluding carboxylic acids is 1. The Morgan fingerprint density at radius 2 is 1.80 bits per heavy atom. The van der Waals surface area contributed by atoms with Gasteiger partial charge in [0, 0.05) is 17.4 Å². The van der Waals surface area contributed by atoms with Crippen LogP contribution >= 0.6 is 0 Å². The molecule has 0 unspecified atom stereocenters. The Bertz CT molecular complexity index is 565. The van der Waals surface area contributed by atoms with Gasteiger partial charge in [0.05, 0.1) is 12.3 Å². The summed E-state index contributed by atoms with van der Waals surface area (Å²) in [6.45, 7) is 1.87. The topological polar surface area (TPSA) is 87.3 Å². The number of carbonyl (C=O) groups is 1. The summed E-state index contributed by atoms with van der Waals surface area (Å²) in [6, 6.07) is 7.07. The van der Waals surface area contributed by atoms with Crippen molar-refractivity contribution in [1.29, 1.82) is 0 Å². The molecule has 1 aliphatic rings. The van der Waals surface area contributed by atoms with E-state index in [2.05, 4.69) is 15.4 Å². The molecule has 0 aliphatic heterocycles. The number of benzene rings is 1. The van der Waals surface area contributed by atoms with Gasteiger partial charge in [-0.05, 0) is 44.0 Å². The van der Waals surface area contributed by atoms with Gasteiger partial charge >= 0.3 is 0 Å². The zero-order valence-electron chi connectivity index (χ0n) is 11.3. The molecule has 0 spiro atoms. The summed E-state index contributed by atoms with van der Waals surface area (Å²) in [5.74, 6) is -0.0722. The number of nitrogens with one attached hydrogen (secondary N) is 3. The van der Waals surface area contributed by atoms with E-state index < -0.39 is 10.0 Å². The average molecular weight is 297 g/mol. The van der Waals surface area contributed by atoms with Crippen LogP contribution in [0.3, 0.4) is 0 Å². The molecule has 1 aromatic rings. The molecule has 6 nitrogen and oxygen atoms in total. The first-order valence-electron chi connectivity index (χ1n) is 6.62. The maximum Gasteiger partial charge on any atom is 0.238 e. The van der Waals surface area contributed by atoms with Gasteiger partial charge in [0.1, 0.15) is 0 Å². The van der Waals surface area contributed by atoms with Crippen LogP contribution in [0.15, 0.2) is 24.3 Å². The summed E-state index contributed by atoms with van der Waals surface area (Å²) < 4.78 is 25.2. The van der Waals surface area contributed by atoms with E-state index in [1.807, 2.05) is 0 Å². The van der Waals surface area contributed by atoms with Gasteiger partial charge in [-0.1, -0.05) is 0 Å². The van der Waals surface area contributed by atoms with Gasteiger partial charge in [0.2, 0.25) is 15.9 Å². The molecule has 0 aromatic heterocycles. The summed E-state index contributed by atoms with van der Waals surface area (Å²) in [4.78, 5) is 11.6. The summed E-state index contributed by atoms with van der Waals surface area (Å²) in [6.07, 6.45) is 2.28. The molecule has 0 bridgehead atoms. The highest BCUT2D eigenvalue weighted by Crippen LogP contribution is 2.18. The van der Waals surface area contributed by atoms with E-state index in [1.165, 1.54) is 0 Å². The van der Waals surface area contributed by atoms with E-state index in [-0.39, 0.29) is 11.7 Å². The van der Waals surface area contributed by atoms with Gasteiger partial charge in [-0.15, -0.1) is 0 Å². The Kier molecular flexibility index (Phi) is 4.61. The molecule has 3 N–H and O–H groups in total. The van der Waals surface area contributed by atoms with Gasteiger partial charge in [0.15, 0.2) is 0 Å². The molecular formula is C13H19N3O3S. The van der Waals surface area contributed by atoms with Crippen molar-refractivity contribution in [2.24, 2.45) is 0 Å². The molecular weight excluding hydrogens is 278 g/mol. The van der Waals surface area contributed by atoms with Crippen LogP contribution in [0, 0.1) is 0 Å².